The predicted molar refractivity (Wildman–Crippen MR) is 59.8 cm³/mol. The van der Waals surface area contributed by atoms with E-state index in [4.69, 9.17) is 11.6 Å². The molecule has 0 atom stereocenters. The van der Waals surface area contributed by atoms with Crippen molar-refractivity contribution >= 4 is 23.4 Å². The monoisotopic (exact) mass is 240 g/mol. The lowest BCUT2D eigenvalue weighted by Crippen LogP contribution is -1.93. The summed E-state index contributed by atoms with van der Waals surface area (Å²) in [5, 5.41) is 12.8. The molecule has 15 heavy (non-hydrogen) atoms. The largest absolute Gasteiger partial charge is 0.224 e. The Labute approximate surface area is 96.6 Å². The topological polar surface area (TPSA) is 43.6 Å². The first-order valence-electron chi connectivity index (χ1n) is 4.36. The molecule has 0 unspecified atom stereocenters. The fourth-order valence-corrected chi connectivity index (χ4v) is 2.24. The van der Waals surface area contributed by atoms with Crippen LogP contribution >= 0.6 is 23.4 Å². The van der Waals surface area contributed by atoms with Gasteiger partial charge >= 0.3 is 0 Å². The summed E-state index contributed by atoms with van der Waals surface area (Å²) in [4.78, 5) is 0. The SMILES string of the molecule is Cn1nnnc1SCc1ccccc1Cl. The van der Waals surface area contributed by atoms with Crippen LogP contribution in [0.1, 0.15) is 5.56 Å². The number of tetrazole rings is 1. The fraction of sp³-hybridized carbons (Fsp3) is 0.222. The Balaban J connectivity index is 2.06. The van der Waals surface area contributed by atoms with Crippen LogP contribution in [0.2, 0.25) is 5.02 Å². The van der Waals surface area contributed by atoms with E-state index in [0.29, 0.717) is 0 Å². The van der Waals surface area contributed by atoms with Gasteiger partial charge in [0.2, 0.25) is 5.16 Å². The van der Waals surface area contributed by atoms with Crippen LogP contribution in [0.25, 0.3) is 0 Å². The Hall–Kier alpha value is -1.07. The summed E-state index contributed by atoms with van der Waals surface area (Å²) in [6, 6.07) is 7.77. The molecular weight excluding hydrogens is 232 g/mol. The fourth-order valence-electron chi connectivity index (χ4n) is 1.10. The lowest BCUT2D eigenvalue weighted by Gasteiger charge is -2.01. The highest BCUT2D eigenvalue weighted by Crippen LogP contribution is 2.24. The van der Waals surface area contributed by atoms with Crippen molar-refractivity contribution in [2.45, 2.75) is 10.9 Å². The molecule has 0 amide bonds. The summed E-state index contributed by atoms with van der Waals surface area (Å²) in [5.74, 6) is 0.772. The van der Waals surface area contributed by atoms with E-state index >= 15 is 0 Å². The van der Waals surface area contributed by atoms with E-state index in [1.165, 1.54) is 0 Å². The molecule has 2 aromatic rings. The van der Waals surface area contributed by atoms with Gasteiger partial charge in [0.1, 0.15) is 0 Å². The third kappa shape index (κ3) is 2.49. The zero-order valence-electron chi connectivity index (χ0n) is 8.09. The lowest BCUT2D eigenvalue weighted by molar-refractivity contribution is 0.664. The highest BCUT2D eigenvalue weighted by molar-refractivity contribution is 7.98. The third-order valence-corrected chi connectivity index (χ3v) is 3.32. The van der Waals surface area contributed by atoms with Gasteiger partial charge in [-0.15, -0.1) is 5.10 Å². The second-order valence-electron chi connectivity index (χ2n) is 2.97. The van der Waals surface area contributed by atoms with Crippen LogP contribution in [0.3, 0.4) is 0 Å². The maximum atomic E-state index is 6.03. The maximum Gasteiger partial charge on any atom is 0.209 e. The van der Waals surface area contributed by atoms with Gasteiger partial charge in [0.25, 0.3) is 0 Å². The Morgan fingerprint density at radius 3 is 2.87 bits per heavy atom. The smallest absolute Gasteiger partial charge is 0.209 e. The first kappa shape index (κ1) is 10.4. The molecule has 0 spiro atoms. The Bertz CT molecular complexity index is 457. The Morgan fingerprint density at radius 1 is 1.40 bits per heavy atom. The minimum Gasteiger partial charge on any atom is -0.224 e. The van der Waals surface area contributed by atoms with E-state index in [-0.39, 0.29) is 0 Å². The standard InChI is InChI=1S/C9H9ClN4S/c1-14-9(11-12-13-14)15-6-7-4-2-3-5-8(7)10/h2-5H,6H2,1H3. The predicted octanol–water partition coefficient (Wildman–Crippen LogP) is 2.16. The molecular formula is C9H9ClN4S. The average Bonchev–Trinajstić information content (AvgIpc) is 2.63. The second kappa shape index (κ2) is 4.63. The molecule has 0 aliphatic rings. The number of hydrogen-bond donors (Lipinski definition) is 0. The number of rotatable bonds is 3. The van der Waals surface area contributed by atoms with Crippen LogP contribution in [0.5, 0.6) is 0 Å². The van der Waals surface area contributed by atoms with E-state index in [0.717, 1.165) is 21.5 Å². The van der Waals surface area contributed by atoms with Crippen molar-refractivity contribution in [3.05, 3.63) is 34.9 Å². The van der Waals surface area contributed by atoms with Gasteiger partial charge in [0.05, 0.1) is 0 Å². The van der Waals surface area contributed by atoms with Crippen LogP contribution in [-0.2, 0) is 12.8 Å². The molecule has 2 rings (SSSR count). The summed E-state index contributed by atoms with van der Waals surface area (Å²) in [6.45, 7) is 0. The van der Waals surface area contributed by atoms with Gasteiger partial charge in [-0.05, 0) is 22.1 Å². The number of halogens is 1. The van der Waals surface area contributed by atoms with Crippen LogP contribution < -0.4 is 0 Å². The minimum atomic E-state index is 0.772. The number of hydrogen-bond acceptors (Lipinski definition) is 4. The van der Waals surface area contributed by atoms with Gasteiger partial charge in [0, 0.05) is 17.8 Å². The molecule has 0 radical (unpaired) electrons. The van der Waals surface area contributed by atoms with Crippen molar-refractivity contribution in [3.63, 3.8) is 0 Å². The van der Waals surface area contributed by atoms with E-state index in [9.17, 15) is 0 Å². The van der Waals surface area contributed by atoms with Crippen LogP contribution in [-0.4, -0.2) is 20.2 Å². The van der Waals surface area contributed by atoms with Crippen molar-refractivity contribution in [1.29, 1.82) is 0 Å². The number of thioether (sulfide) groups is 1. The van der Waals surface area contributed by atoms with Crippen LogP contribution in [0.4, 0.5) is 0 Å². The van der Waals surface area contributed by atoms with E-state index in [1.54, 1.807) is 16.4 Å². The van der Waals surface area contributed by atoms with Gasteiger partial charge in [-0.3, -0.25) is 0 Å². The van der Waals surface area contributed by atoms with Gasteiger partial charge in [-0.25, -0.2) is 4.68 Å². The summed E-state index contributed by atoms with van der Waals surface area (Å²) in [6.07, 6.45) is 0. The summed E-state index contributed by atoms with van der Waals surface area (Å²) in [7, 11) is 1.81. The van der Waals surface area contributed by atoms with Crippen LogP contribution in [0.15, 0.2) is 29.4 Å². The molecule has 1 aromatic carbocycles. The summed E-state index contributed by atoms with van der Waals surface area (Å²) < 4.78 is 1.64. The summed E-state index contributed by atoms with van der Waals surface area (Å²) in [5.41, 5.74) is 1.09. The molecule has 0 fully saturated rings. The third-order valence-electron chi connectivity index (χ3n) is 1.90. The Morgan fingerprint density at radius 2 is 2.20 bits per heavy atom. The molecule has 0 saturated heterocycles. The normalized spacial score (nSPS) is 10.5. The lowest BCUT2D eigenvalue weighted by atomic mass is 10.2. The van der Waals surface area contributed by atoms with Crippen molar-refractivity contribution < 1.29 is 0 Å². The van der Waals surface area contributed by atoms with Crippen molar-refractivity contribution in [1.82, 2.24) is 20.2 Å². The van der Waals surface area contributed by atoms with E-state index < -0.39 is 0 Å². The summed E-state index contributed by atoms with van der Waals surface area (Å²) >= 11 is 7.60. The van der Waals surface area contributed by atoms with Crippen molar-refractivity contribution in [3.8, 4) is 0 Å². The molecule has 4 nitrogen and oxygen atoms in total. The molecule has 0 bridgehead atoms. The Kier molecular flexibility index (Phi) is 3.23. The molecule has 0 saturated carbocycles. The van der Waals surface area contributed by atoms with E-state index in [2.05, 4.69) is 15.5 Å². The van der Waals surface area contributed by atoms with Crippen molar-refractivity contribution in [2.75, 3.05) is 0 Å². The molecule has 0 N–H and O–H groups in total. The zero-order valence-corrected chi connectivity index (χ0v) is 9.66. The van der Waals surface area contributed by atoms with Gasteiger partial charge in [-0.1, -0.05) is 41.6 Å². The maximum absolute atomic E-state index is 6.03. The number of nitrogens with zero attached hydrogens (tertiary/aromatic N) is 4. The van der Waals surface area contributed by atoms with Gasteiger partial charge in [-0.2, -0.15) is 0 Å². The molecule has 1 aromatic heterocycles. The highest BCUT2D eigenvalue weighted by atomic mass is 35.5. The number of aryl methyl sites for hydroxylation is 1. The first-order chi connectivity index (χ1) is 7.27. The number of aromatic nitrogens is 4. The second-order valence-corrected chi connectivity index (χ2v) is 4.31. The number of benzene rings is 1. The molecule has 0 aliphatic carbocycles. The molecule has 6 heteroatoms. The highest BCUT2D eigenvalue weighted by Gasteiger charge is 2.05. The average molecular weight is 241 g/mol. The van der Waals surface area contributed by atoms with E-state index in [1.807, 2.05) is 31.3 Å². The van der Waals surface area contributed by atoms with Gasteiger partial charge < -0.3 is 0 Å². The molecule has 78 valence electrons. The van der Waals surface area contributed by atoms with Crippen molar-refractivity contribution in [2.24, 2.45) is 7.05 Å². The molecule has 0 aliphatic heterocycles. The van der Waals surface area contributed by atoms with Crippen LogP contribution in [0, 0.1) is 0 Å². The minimum absolute atomic E-state index is 0.772. The first-order valence-corrected chi connectivity index (χ1v) is 5.72. The molecule has 1 heterocycles. The zero-order chi connectivity index (χ0) is 10.7. The van der Waals surface area contributed by atoms with Gasteiger partial charge in [0.15, 0.2) is 0 Å². The quantitative estimate of drug-likeness (QED) is 0.772.